The third kappa shape index (κ3) is 5.54. The molecule has 1 aromatic rings. The molecule has 1 saturated carbocycles. The Hall–Kier alpha value is -1.50. The van der Waals surface area contributed by atoms with Gasteiger partial charge in [0.05, 0.1) is 13.7 Å². The molecular weight excluding hydrogens is 312 g/mol. The zero-order valence-electron chi connectivity index (χ0n) is 14.1. The minimum absolute atomic E-state index is 0.362. The highest BCUT2D eigenvalue weighted by molar-refractivity contribution is 5.43. The van der Waals surface area contributed by atoms with Crippen molar-refractivity contribution in [1.82, 2.24) is 38.6 Å². The highest BCUT2D eigenvalue weighted by Gasteiger charge is 2.28. The zero-order chi connectivity index (χ0) is 17.2. The Balaban J connectivity index is 1.82. The van der Waals surface area contributed by atoms with E-state index in [4.69, 9.17) is 15.3 Å². The van der Waals surface area contributed by atoms with Crippen molar-refractivity contribution in [3.05, 3.63) is 23.8 Å². The number of nitrogens with one attached hydrogen (secondary N) is 7. The molecule has 0 radical (unpaired) electrons. The van der Waals surface area contributed by atoms with Crippen LogP contribution < -0.4 is 54.0 Å². The van der Waals surface area contributed by atoms with E-state index in [0.29, 0.717) is 18.6 Å². The van der Waals surface area contributed by atoms with Crippen LogP contribution in [0.4, 0.5) is 0 Å². The van der Waals surface area contributed by atoms with E-state index in [1.165, 1.54) is 5.56 Å². The summed E-state index contributed by atoms with van der Waals surface area (Å²) in [5.74, 6) is 7.22. The molecule has 0 saturated heterocycles. The average molecular weight is 340 g/mol. The van der Waals surface area contributed by atoms with Crippen molar-refractivity contribution in [2.75, 3.05) is 13.7 Å². The summed E-state index contributed by atoms with van der Waals surface area (Å²) in [7, 11) is 1.67. The van der Waals surface area contributed by atoms with Crippen LogP contribution in [0.25, 0.3) is 0 Å². The lowest BCUT2D eigenvalue weighted by Gasteiger charge is -2.18. The second-order valence-electron chi connectivity index (χ2n) is 5.46. The SMILES string of the molecule is CCOc1cc(OC)ccc1C1CCC(NNNNNNNN)C1. The molecule has 1 aromatic carbocycles. The average Bonchev–Trinajstić information content (AvgIpc) is 3.07. The lowest BCUT2D eigenvalue weighted by Crippen LogP contribution is -2.63. The molecule has 2 rings (SSSR count). The molecule has 9 N–H and O–H groups in total. The fourth-order valence-electron chi connectivity index (χ4n) is 2.92. The molecule has 0 amide bonds. The monoisotopic (exact) mass is 340 g/mol. The van der Waals surface area contributed by atoms with Crippen LogP contribution in [0.5, 0.6) is 11.5 Å². The van der Waals surface area contributed by atoms with Gasteiger partial charge in [-0.15, -0.1) is 0 Å². The number of nitrogens with two attached hydrogens (primary N) is 1. The van der Waals surface area contributed by atoms with Crippen LogP contribution in [0.2, 0.25) is 0 Å². The van der Waals surface area contributed by atoms with Crippen molar-refractivity contribution in [3.63, 3.8) is 0 Å². The fraction of sp³-hybridized carbons (Fsp3) is 0.571. The number of rotatable bonds is 11. The summed E-state index contributed by atoms with van der Waals surface area (Å²) in [5.41, 5.74) is 19.9. The van der Waals surface area contributed by atoms with Gasteiger partial charge in [-0.05, 0) is 43.7 Å². The molecule has 1 aliphatic carbocycles. The molecule has 2 atom stereocenters. The number of hydrazine groups is 7. The second-order valence-corrected chi connectivity index (χ2v) is 5.46. The maximum atomic E-state index is 5.79. The summed E-state index contributed by atoms with van der Waals surface area (Å²) in [6, 6.07) is 6.43. The first kappa shape index (κ1) is 18.8. The van der Waals surface area contributed by atoms with E-state index < -0.39 is 0 Å². The van der Waals surface area contributed by atoms with E-state index in [2.05, 4.69) is 44.7 Å². The molecule has 0 heterocycles. The molecule has 1 aliphatic rings. The predicted octanol–water partition coefficient (Wildman–Crippen LogP) is -0.779. The van der Waals surface area contributed by atoms with Crippen LogP contribution in [-0.2, 0) is 0 Å². The van der Waals surface area contributed by atoms with E-state index in [0.717, 1.165) is 30.8 Å². The van der Waals surface area contributed by atoms with Crippen molar-refractivity contribution in [2.45, 2.75) is 38.1 Å². The van der Waals surface area contributed by atoms with E-state index in [1.807, 2.05) is 19.1 Å². The Morgan fingerprint density at radius 1 is 1.12 bits per heavy atom. The molecule has 0 bridgehead atoms. The second kappa shape index (κ2) is 10.4. The summed E-state index contributed by atoms with van der Waals surface area (Å²) in [6.07, 6.45) is 3.21. The Kier molecular flexibility index (Phi) is 8.15. The molecule has 0 spiro atoms. The lowest BCUT2D eigenvalue weighted by molar-refractivity contribution is 0.258. The van der Waals surface area contributed by atoms with Gasteiger partial charge in [0.25, 0.3) is 0 Å². The van der Waals surface area contributed by atoms with Crippen LogP contribution in [0.15, 0.2) is 18.2 Å². The van der Waals surface area contributed by atoms with Crippen molar-refractivity contribution >= 4 is 0 Å². The van der Waals surface area contributed by atoms with Gasteiger partial charge < -0.3 is 9.47 Å². The molecular formula is C14H28N8O2. The van der Waals surface area contributed by atoms with Gasteiger partial charge in [-0.3, -0.25) is 5.84 Å². The van der Waals surface area contributed by atoms with Gasteiger partial charge in [0.15, 0.2) is 0 Å². The topological polar surface area (TPSA) is 129 Å². The van der Waals surface area contributed by atoms with Gasteiger partial charge in [-0.2, -0.15) is 33.2 Å². The van der Waals surface area contributed by atoms with Gasteiger partial charge in [0.2, 0.25) is 0 Å². The van der Waals surface area contributed by atoms with Crippen molar-refractivity contribution in [1.29, 1.82) is 0 Å². The first-order valence-electron chi connectivity index (χ1n) is 8.05. The van der Waals surface area contributed by atoms with Crippen LogP contribution >= 0.6 is 0 Å². The first-order valence-corrected chi connectivity index (χ1v) is 8.05. The van der Waals surface area contributed by atoms with Crippen molar-refractivity contribution in [3.8, 4) is 11.5 Å². The number of benzene rings is 1. The van der Waals surface area contributed by atoms with Gasteiger partial charge in [-0.1, -0.05) is 6.07 Å². The van der Waals surface area contributed by atoms with E-state index in [-0.39, 0.29) is 0 Å². The molecule has 0 aromatic heterocycles. The summed E-state index contributed by atoms with van der Waals surface area (Å²) in [5, 5.41) is 0. The lowest BCUT2D eigenvalue weighted by atomic mass is 9.96. The summed E-state index contributed by atoms with van der Waals surface area (Å²) < 4.78 is 11.1. The maximum Gasteiger partial charge on any atom is 0.126 e. The Morgan fingerprint density at radius 3 is 2.67 bits per heavy atom. The van der Waals surface area contributed by atoms with Crippen LogP contribution in [0.3, 0.4) is 0 Å². The summed E-state index contributed by atoms with van der Waals surface area (Å²) in [4.78, 5) is 0. The molecule has 2 unspecified atom stereocenters. The smallest absolute Gasteiger partial charge is 0.126 e. The van der Waals surface area contributed by atoms with Crippen LogP contribution in [0.1, 0.15) is 37.7 Å². The van der Waals surface area contributed by atoms with E-state index in [1.54, 1.807) is 7.11 Å². The normalized spacial score (nSPS) is 20.3. The van der Waals surface area contributed by atoms with Gasteiger partial charge >= 0.3 is 0 Å². The minimum atomic E-state index is 0.362. The highest BCUT2D eigenvalue weighted by Crippen LogP contribution is 2.40. The maximum absolute atomic E-state index is 5.79. The standard InChI is InChI=1S/C14H28N8O2/c1-3-24-14-9-12(23-2)6-7-13(14)10-4-5-11(8-10)16-18-20-22-21-19-17-15/h6-7,9-11,16-22H,3-5,8,15H2,1-2H3. The van der Waals surface area contributed by atoms with Gasteiger partial charge in [-0.25, -0.2) is 5.43 Å². The van der Waals surface area contributed by atoms with E-state index >= 15 is 0 Å². The molecule has 136 valence electrons. The number of hydrogen-bond donors (Lipinski definition) is 8. The fourth-order valence-corrected chi connectivity index (χ4v) is 2.92. The zero-order valence-corrected chi connectivity index (χ0v) is 14.1. The molecule has 10 heteroatoms. The number of hydrogen-bond acceptors (Lipinski definition) is 10. The Labute approximate surface area is 142 Å². The van der Waals surface area contributed by atoms with Crippen molar-refractivity contribution in [2.24, 2.45) is 5.84 Å². The quantitative estimate of drug-likeness (QED) is 0.148. The van der Waals surface area contributed by atoms with Crippen molar-refractivity contribution < 1.29 is 9.47 Å². The third-order valence-corrected chi connectivity index (χ3v) is 3.99. The van der Waals surface area contributed by atoms with E-state index in [9.17, 15) is 0 Å². The summed E-state index contributed by atoms with van der Waals surface area (Å²) >= 11 is 0. The molecule has 0 aliphatic heterocycles. The molecule has 1 fully saturated rings. The molecule has 24 heavy (non-hydrogen) atoms. The largest absolute Gasteiger partial charge is 0.497 e. The summed E-state index contributed by atoms with van der Waals surface area (Å²) in [6.45, 7) is 2.64. The number of methoxy groups -OCH3 is 1. The Bertz CT molecular complexity index is 490. The van der Waals surface area contributed by atoms with Gasteiger partial charge in [0.1, 0.15) is 11.5 Å². The first-order chi connectivity index (χ1) is 11.8. The Morgan fingerprint density at radius 2 is 1.92 bits per heavy atom. The third-order valence-electron chi connectivity index (χ3n) is 3.99. The van der Waals surface area contributed by atoms with Crippen LogP contribution in [0, 0.1) is 0 Å². The minimum Gasteiger partial charge on any atom is -0.497 e. The van der Waals surface area contributed by atoms with Crippen LogP contribution in [-0.4, -0.2) is 19.8 Å². The highest BCUT2D eigenvalue weighted by atomic mass is 16.5. The predicted molar refractivity (Wildman–Crippen MR) is 90.7 cm³/mol. The van der Waals surface area contributed by atoms with Gasteiger partial charge in [0, 0.05) is 12.1 Å². The molecule has 10 nitrogen and oxygen atoms in total. The number of ether oxygens (including phenoxy) is 2.